The highest BCUT2D eigenvalue weighted by molar-refractivity contribution is 9.10. The van der Waals surface area contributed by atoms with Crippen LogP contribution < -0.4 is 5.56 Å². The van der Waals surface area contributed by atoms with Gasteiger partial charge in [-0.2, -0.15) is 0 Å². The molecule has 0 bridgehead atoms. The summed E-state index contributed by atoms with van der Waals surface area (Å²) in [5, 5.41) is 0. The first-order valence-corrected chi connectivity index (χ1v) is 6.58. The normalized spacial score (nSPS) is 21.6. The fourth-order valence-corrected chi connectivity index (χ4v) is 2.15. The maximum atomic E-state index is 11.5. The van der Waals surface area contributed by atoms with Gasteiger partial charge in [0.15, 0.2) is 0 Å². The molecule has 0 radical (unpaired) electrons. The zero-order valence-corrected chi connectivity index (χ0v) is 11.4. The summed E-state index contributed by atoms with van der Waals surface area (Å²) in [6, 6.07) is 0. The Kier molecular flexibility index (Phi) is 4.31. The van der Waals surface area contributed by atoms with Gasteiger partial charge < -0.3 is 9.72 Å². The Morgan fingerprint density at radius 3 is 3.24 bits per heavy atom. The van der Waals surface area contributed by atoms with Crippen molar-refractivity contribution in [1.82, 2.24) is 14.9 Å². The molecule has 1 unspecified atom stereocenters. The minimum atomic E-state index is -0.161. The summed E-state index contributed by atoms with van der Waals surface area (Å²) < 4.78 is 6.09. The van der Waals surface area contributed by atoms with E-state index in [1.807, 2.05) is 0 Å². The van der Waals surface area contributed by atoms with Crippen molar-refractivity contribution in [3.8, 4) is 0 Å². The Morgan fingerprint density at radius 1 is 1.71 bits per heavy atom. The van der Waals surface area contributed by atoms with Gasteiger partial charge in [0.1, 0.15) is 16.4 Å². The van der Waals surface area contributed by atoms with E-state index in [-0.39, 0.29) is 11.7 Å². The molecule has 1 N–H and O–H groups in total. The lowest BCUT2D eigenvalue weighted by Gasteiger charge is -2.31. The van der Waals surface area contributed by atoms with Crippen molar-refractivity contribution in [2.24, 2.45) is 0 Å². The van der Waals surface area contributed by atoms with Crippen LogP contribution in [0.5, 0.6) is 0 Å². The Morgan fingerprint density at radius 2 is 2.53 bits per heavy atom. The fraction of sp³-hybridized carbons (Fsp3) is 0.636. The van der Waals surface area contributed by atoms with Crippen LogP contribution in [0.3, 0.4) is 0 Å². The molecule has 94 valence electrons. The van der Waals surface area contributed by atoms with E-state index in [4.69, 9.17) is 4.74 Å². The molecule has 0 amide bonds. The molecular weight excluding hydrogens is 286 g/mol. The second kappa shape index (κ2) is 5.75. The highest BCUT2D eigenvalue weighted by Gasteiger charge is 2.23. The molecule has 1 aliphatic heterocycles. The second-order valence-electron chi connectivity index (χ2n) is 4.11. The van der Waals surface area contributed by atoms with E-state index >= 15 is 0 Å². The maximum Gasteiger partial charge on any atom is 0.265 e. The molecule has 6 heteroatoms. The van der Waals surface area contributed by atoms with Crippen LogP contribution in [0, 0.1) is 0 Å². The third-order valence-corrected chi connectivity index (χ3v) is 3.34. The Bertz CT molecular complexity index is 433. The summed E-state index contributed by atoms with van der Waals surface area (Å²) in [5.41, 5.74) is -0.161. The third kappa shape index (κ3) is 3.14. The van der Waals surface area contributed by atoms with E-state index in [0.29, 0.717) is 16.9 Å². The van der Waals surface area contributed by atoms with E-state index in [1.54, 1.807) is 0 Å². The van der Waals surface area contributed by atoms with Crippen LogP contribution in [0.25, 0.3) is 0 Å². The topological polar surface area (TPSA) is 58.2 Å². The second-order valence-corrected chi connectivity index (χ2v) is 4.96. The first-order valence-electron chi connectivity index (χ1n) is 5.79. The predicted molar refractivity (Wildman–Crippen MR) is 68.0 cm³/mol. The molecule has 0 saturated carbocycles. The lowest BCUT2D eigenvalue weighted by molar-refractivity contribution is -0.0343. The van der Waals surface area contributed by atoms with Crippen LogP contribution in [-0.4, -0.2) is 41.1 Å². The Hall–Kier alpha value is -0.720. The molecule has 17 heavy (non-hydrogen) atoms. The van der Waals surface area contributed by atoms with Crippen LogP contribution in [0.4, 0.5) is 0 Å². The zero-order chi connectivity index (χ0) is 12.3. The predicted octanol–water partition coefficient (Wildman–Crippen LogP) is 1.32. The van der Waals surface area contributed by atoms with E-state index in [2.05, 4.69) is 37.7 Å². The smallest absolute Gasteiger partial charge is 0.265 e. The van der Waals surface area contributed by atoms with Gasteiger partial charge >= 0.3 is 0 Å². The van der Waals surface area contributed by atoms with Crippen LogP contribution in [0.2, 0.25) is 0 Å². The van der Waals surface area contributed by atoms with Gasteiger partial charge in [-0.3, -0.25) is 9.69 Å². The number of aromatic amines is 1. The van der Waals surface area contributed by atoms with Crippen LogP contribution in [-0.2, 0) is 4.74 Å². The van der Waals surface area contributed by atoms with Crippen molar-refractivity contribution in [2.75, 3.05) is 26.2 Å². The first-order chi connectivity index (χ1) is 8.20. The van der Waals surface area contributed by atoms with Gasteiger partial charge in [-0.1, -0.05) is 6.92 Å². The van der Waals surface area contributed by atoms with Crippen LogP contribution in [0.15, 0.2) is 15.5 Å². The van der Waals surface area contributed by atoms with Crippen molar-refractivity contribution < 1.29 is 4.74 Å². The summed E-state index contributed by atoms with van der Waals surface area (Å²) in [4.78, 5) is 20.8. The summed E-state index contributed by atoms with van der Waals surface area (Å²) in [6.07, 6.45) is 2.52. The molecule has 1 aromatic heterocycles. The number of nitrogens with one attached hydrogen (secondary N) is 1. The number of rotatable bonds is 3. The van der Waals surface area contributed by atoms with Crippen molar-refractivity contribution in [3.05, 3.63) is 26.8 Å². The average molecular weight is 302 g/mol. The van der Waals surface area contributed by atoms with Gasteiger partial charge in [0, 0.05) is 19.3 Å². The fourth-order valence-electron chi connectivity index (χ4n) is 1.94. The van der Waals surface area contributed by atoms with Gasteiger partial charge in [0.05, 0.1) is 6.61 Å². The largest absolute Gasteiger partial charge is 0.368 e. The molecular formula is C11H16BrN3O2. The van der Waals surface area contributed by atoms with Gasteiger partial charge in [0.2, 0.25) is 0 Å². The first kappa shape index (κ1) is 12.7. The molecule has 2 rings (SSSR count). The molecule has 1 aromatic rings. The van der Waals surface area contributed by atoms with Gasteiger partial charge in [-0.05, 0) is 28.9 Å². The minimum absolute atomic E-state index is 0.129. The van der Waals surface area contributed by atoms with Crippen molar-refractivity contribution in [1.29, 1.82) is 0 Å². The summed E-state index contributed by atoms with van der Waals surface area (Å²) in [5.74, 6) is 0.610. The maximum absolute atomic E-state index is 11.5. The highest BCUT2D eigenvalue weighted by Crippen LogP contribution is 2.18. The average Bonchev–Trinajstić information content (AvgIpc) is 2.33. The molecule has 1 fully saturated rings. The molecule has 0 aromatic carbocycles. The quantitative estimate of drug-likeness (QED) is 0.915. The number of hydrogen-bond donors (Lipinski definition) is 1. The molecule has 0 spiro atoms. The summed E-state index contributed by atoms with van der Waals surface area (Å²) >= 11 is 3.13. The standard InChI is InChI=1S/C11H16BrN3O2/c1-2-3-15-4-5-17-9(7-15)10-13-6-8(12)11(16)14-10/h6,9H,2-5,7H2,1H3,(H,13,14,16). The van der Waals surface area contributed by atoms with E-state index < -0.39 is 0 Å². The monoisotopic (exact) mass is 301 g/mol. The highest BCUT2D eigenvalue weighted by atomic mass is 79.9. The van der Waals surface area contributed by atoms with Gasteiger partial charge in [-0.15, -0.1) is 0 Å². The van der Waals surface area contributed by atoms with E-state index in [9.17, 15) is 4.79 Å². The minimum Gasteiger partial charge on any atom is -0.368 e. The lowest BCUT2D eigenvalue weighted by Crippen LogP contribution is -2.39. The number of H-pyrrole nitrogens is 1. The summed E-state index contributed by atoms with van der Waals surface area (Å²) in [7, 11) is 0. The van der Waals surface area contributed by atoms with E-state index in [0.717, 1.165) is 26.1 Å². The number of ether oxygens (including phenoxy) is 1. The summed E-state index contributed by atoms with van der Waals surface area (Å²) in [6.45, 7) is 5.64. The number of hydrogen-bond acceptors (Lipinski definition) is 4. The Labute approximate surface area is 108 Å². The van der Waals surface area contributed by atoms with Crippen molar-refractivity contribution in [3.63, 3.8) is 0 Å². The molecule has 1 atom stereocenters. The molecule has 5 nitrogen and oxygen atoms in total. The SMILES string of the molecule is CCCN1CCOC(c2ncc(Br)c(=O)[nH]2)C1. The zero-order valence-electron chi connectivity index (χ0n) is 9.78. The molecule has 0 aliphatic carbocycles. The van der Waals surface area contributed by atoms with Crippen LogP contribution in [0.1, 0.15) is 25.3 Å². The van der Waals surface area contributed by atoms with Crippen LogP contribution >= 0.6 is 15.9 Å². The van der Waals surface area contributed by atoms with Crippen molar-refractivity contribution >= 4 is 15.9 Å². The van der Waals surface area contributed by atoms with Crippen molar-refractivity contribution in [2.45, 2.75) is 19.4 Å². The van der Waals surface area contributed by atoms with Gasteiger partial charge in [-0.25, -0.2) is 4.98 Å². The Balaban J connectivity index is 2.10. The molecule has 1 aliphatic rings. The lowest BCUT2D eigenvalue weighted by atomic mass is 10.2. The number of morpholine rings is 1. The molecule has 1 saturated heterocycles. The number of halogens is 1. The molecule has 2 heterocycles. The van der Waals surface area contributed by atoms with Gasteiger partial charge in [0.25, 0.3) is 5.56 Å². The number of nitrogens with zero attached hydrogens (tertiary/aromatic N) is 2. The van der Waals surface area contributed by atoms with E-state index in [1.165, 1.54) is 6.20 Å². The number of aromatic nitrogens is 2. The third-order valence-electron chi connectivity index (χ3n) is 2.77.